The first-order valence-corrected chi connectivity index (χ1v) is 56.7. The molecule has 18 atom stereocenters. The third-order valence-electron chi connectivity index (χ3n) is 22.9. The van der Waals surface area contributed by atoms with Crippen molar-refractivity contribution in [2.75, 3.05) is 227 Å². The van der Waals surface area contributed by atoms with Crippen LogP contribution in [0.25, 0.3) is 0 Å². The Balaban J connectivity index is -0.00000148. The van der Waals surface area contributed by atoms with E-state index in [2.05, 4.69) is 48.3 Å². The fourth-order valence-electron chi connectivity index (χ4n) is 15.6. The average Bonchev–Trinajstić information content (AvgIpc) is 0.809. The second-order valence-corrected chi connectivity index (χ2v) is 38.6. The second-order valence-electron chi connectivity index (χ2n) is 34.4. The van der Waals surface area contributed by atoms with Crippen molar-refractivity contribution in [2.45, 2.75) is 350 Å². The van der Waals surface area contributed by atoms with Crippen LogP contribution in [0.2, 0.25) is 0 Å². The molecular weight excluding hydrogens is 2070 g/mol. The molecule has 6 heterocycles. The molecule has 6 aliphatic rings. The maximum atomic E-state index is 13.1. The molecule has 0 aliphatic carbocycles. The van der Waals surface area contributed by atoms with Crippen LogP contribution in [0.15, 0.2) is 0 Å². The smallest absolute Gasteiger partial charge is 0.400 e. The van der Waals surface area contributed by atoms with Crippen LogP contribution >= 0.6 is 23.5 Å². The van der Waals surface area contributed by atoms with Gasteiger partial charge in [-0.25, -0.2) is 13.7 Å². The van der Waals surface area contributed by atoms with Crippen molar-refractivity contribution in [1.29, 1.82) is 4.29 Å². The summed E-state index contributed by atoms with van der Waals surface area (Å²) in [6.45, 7) is 20.6. The zero-order valence-electron chi connectivity index (χ0n) is 95.3. The number of carbonyl (C=O) groups is 5. The SMILES string of the molecule is C.C.CC.CC.CC.COCC(COCCCOP(=O)(O)OC1CCN(C(=O)CCCCOC2OC(CO)C(O)C(O)C2C)CC1)(COCCCOP(=O)(O)OC1CCN(C(=O)CCCCOC2OC(CO)C(O)C(O)C2NC(C)=O)CC1)COCCCOP(=O)(O)OC1CCN(C(=O)CCCCOC2OC(CO)C(O)C(O)C2NC(C)=O)CC1.S=S.[2H]CCCCCOCC(COC)(COCCC[2H])COCCC[2H].[3H]OC.[3H]OC.[3H]OC. The maximum absolute atomic E-state index is 13.1. The normalized spacial score (nSPS) is 24.6. The first-order chi connectivity index (χ1) is 73.3. The first kappa shape index (κ1) is 142. The third kappa shape index (κ3) is 65.4. The van der Waals surface area contributed by atoms with Gasteiger partial charge in [0.05, 0.1) is 128 Å². The van der Waals surface area contributed by atoms with Gasteiger partial charge in [0.2, 0.25) is 33.8 Å². The summed E-state index contributed by atoms with van der Waals surface area (Å²) in [5, 5.41) is 106. The summed E-state index contributed by atoms with van der Waals surface area (Å²) in [5.41, 5.74) is -1.36. The Labute approximate surface area is 905 Å². The van der Waals surface area contributed by atoms with E-state index in [1.54, 1.807) is 28.7 Å². The van der Waals surface area contributed by atoms with Crippen molar-refractivity contribution in [3.63, 3.8) is 0 Å². The van der Waals surface area contributed by atoms with E-state index in [1.165, 1.54) is 42.3 Å². The lowest BCUT2D eigenvalue weighted by Crippen LogP contribution is -2.64. The predicted molar refractivity (Wildman–Crippen MR) is 561 cm³/mol. The van der Waals surface area contributed by atoms with E-state index >= 15 is 0 Å². The van der Waals surface area contributed by atoms with Crippen LogP contribution in [0.4, 0.5) is 0 Å². The highest BCUT2D eigenvalue weighted by molar-refractivity contribution is 8.07. The molecule has 0 saturated carbocycles. The molecule has 48 nitrogen and oxygen atoms in total. The molecule has 18 unspecified atom stereocenters. The van der Waals surface area contributed by atoms with Crippen molar-refractivity contribution < 1.29 is 211 Å². The van der Waals surface area contributed by atoms with E-state index in [1.807, 2.05) is 41.5 Å². The lowest BCUT2D eigenvalue weighted by atomic mass is 9.92. The molecule has 6 aliphatic heterocycles. The molecule has 892 valence electrons. The second kappa shape index (κ2) is 93.9. The van der Waals surface area contributed by atoms with Gasteiger partial charge in [0.1, 0.15) is 60.9 Å². The van der Waals surface area contributed by atoms with Gasteiger partial charge in [-0.2, -0.15) is 0 Å². The van der Waals surface area contributed by atoms with Crippen molar-refractivity contribution in [3.8, 4) is 0 Å². The molecule has 17 N–H and O–H groups in total. The summed E-state index contributed by atoms with van der Waals surface area (Å²) in [6.07, 6.45) is -7.20. The number of phosphoric acid groups is 3. The molecule has 0 spiro atoms. The Morgan fingerprint density at radius 3 is 0.913 bits per heavy atom. The molecule has 53 heteroatoms. The number of nitrogens with one attached hydrogen (secondary N) is 2. The molecule has 6 fully saturated rings. The van der Waals surface area contributed by atoms with E-state index in [4.69, 9.17) is 102 Å². The van der Waals surface area contributed by atoms with Crippen LogP contribution in [0.3, 0.4) is 0 Å². The molecule has 0 radical (unpaired) electrons. The number of hydrogen-bond acceptors (Lipinski definition) is 42. The largest absolute Gasteiger partial charge is 0.472 e. The fourth-order valence-corrected chi connectivity index (χ4v) is 18.6. The van der Waals surface area contributed by atoms with Gasteiger partial charge in [0.15, 0.2) is 18.9 Å². The number of aliphatic hydroxyl groups is 12. The van der Waals surface area contributed by atoms with Gasteiger partial charge in [0, 0.05) is 200 Å². The van der Waals surface area contributed by atoms with Crippen molar-refractivity contribution in [2.24, 2.45) is 16.7 Å². The van der Waals surface area contributed by atoms with Crippen LogP contribution < -0.4 is 10.6 Å². The summed E-state index contributed by atoms with van der Waals surface area (Å²) in [5.74, 6) is -1.94. The number of amides is 5. The first-order valence-electron chi connectivity index (χ1n) is 54.2. The summed E-state index contributed by atoms with van der Waals surface area (Å²) >= 11 is 7.33. The molecule has 0 aromatic heterocycles. The van der Waals surface area contributed by atoms with Gasteiger partial charge >= 0.3 is 23.5 Å². The number of phosphoric ester groups is 3. The third-order valence-corrected chi connectivity index (χ3v) is 26.1. The summed E-state index contributed by atoms with van der Waals surface area (Å²) < 4.78 is 191. The number of nitrogens with zero attached hydrogens (tertiary/aromatic N) is 3. The minimum Gasteiger partial charge on any atom is -0.400 e. The van der Waals surface area contributed by atoms with E-state index in [-0.39, 0.29) is 240 Å². The van der Waals surface area contributed by atoms with Crippen molar-refractivity contribution in [3.05, 3.63) is 0 Å². The minimum absolute atomic E-state index is 0. The van der Waals surface area contributed by atoms with Gasteiger partial charge in [-0.05, 0) is 116 Å². The van der Waals surface area contributed by atoms with Crippen molar-refractivity contribution in [1.82, 2.24) is 25.3 Å². The maximum Gasteiger partial charge on any atom is 0.472 e. The average molecular weight is 2280 g/mol. The van der Waals surface area contributed by atoms with E-state index in [0.29, 0.717) is 105 Å². The van der Waals surface area contributed by atoms with Crippen LogP contribution in [0, 0.1) is 16.7 Å². The van der Waals surface area contributed by atoms with Gasteiger partial charge in [-0.3, -0.25) is 51.1 Å². The monoisotopic (exact) mass is 2280 g/mol. The van der Waals surface area contributed by atoms with Gasteiger partial charge < -0.3 is 168 Å². The highest BCUT2D eigenvalue weighted by atomic mass is 32.8. The number of carbonyl (C=O) groups excluding carboxylic acids is 5. The Hall–Kier alpha value is -2.92. The van der Waals surface area contributed by atoms with E-state index < -0.39 is 171 Å². The van der Waals surface area contributed by atoms with Gasteiger partial charge in [-0.1, -0.05) is 96.9 Å². The molecule has 0 aromatic carbocycles. The molecule has 149 heavy (non-hydrogen) atoms. The van der Waals surface area contributed by atoms with E-state index in [9.17, 15) is 98.3 Å². The number of ether oxygens (including phenoxy) is 14. The van der Waals surface area contributed by atoms with Crippen LogP contribution in [-0.4, -0.2) is 455 Å². The Bertz CT molecular complexity index is 3370. The number of likely N-dealkylation sites (tertiary alicyclic amines) is 3. The zero-order chi connectivity index (χ0) is 116. The number of piperidine rings is 3. The molecule has 6 saturated heterocycles. The predicted octanol–water partition coefficient (Wildman–Crippen LogP) is 5.59. The molecular formula is C96H198N5O43P3S2. The van der Waals surface area contributed by atoms with Gasteiger partial charge in [0.25, 0.3) is 0 Å². The lowest BCUT2D eigenvalue weighted by Gasteiger charge is -2.42. The molecule has 6 rings (SSSR count). The Morgan fingerprint density at radius 2 is 0.644 bits per heavy atom. The Morgan fingerprint density at radius 1 is 0.389 bits per heavy atom. The number of rotatable bonds is 68. The molecule has 5 amide bonds. The van der Waals surface area contributed by atoms with E-state index in [0.717, 1.165) is 32.1 Å². The molecule has 0 bridgehead atoms. The van der Waals surface area contributed by atoms with Crippen molar-refractivity contribution >= 4 is 75.4 Å². The number of methoxy groups -OCH3 is 2. The standard InChI is InChI=1S/C68H124N5O36P3.C17H36O4.3C2H6.3CH4O.2CH4.S2/c1-45-59(82)60(83)51(38-74)104-65(45)98-32-8-5-14-54(79)71-23-17-48(18-24-71)107-110(88,89)101-35-11-29-95-42-68(41-94-4,43-96-30-12-36-102-111(90,91)108-49-19-25-72(26-20-49)55(80)15-6-9-33-99-66-57(69-46(2)77)63(86)61(84)52(39-75)105-66)44-97-31-13-37-103-112(92,93)109-50-21-27-73(28-22-50)56(81)16-7-10-34-100-67-58(70-47(3)78)64(87)62(85)53(40-76)106-67;1-5-8-9-12-21-16-17(13-18-4,14-19-10-6-2)15-20-11-7-3;6*1-2;;;1-2/h45,48-53,57-67,74-76,82-87H,5-44H2,1-4H3,(H,69,77)(H,70,78)(H,88,89)(H,90,91)(H,92,93);5-16H2,1-4H3;3*1-2H3;3*2H,1H3;2*1H4;/i;1D,2D,3D;;;;3*2T;;;. The summed E-state index contributed by atoms with van der Waals surface area (Å²) in [4.78, 5) is 99.5. The zero-order valence-corrected chi connectivity index (χ0v) is 93.6. The fraction of sp³-hybridized carbons (Fsp3) is 0.948. The number of hydrogen-bond donors (Lipinski definition) is 17. The quantitative estimate of drug-likeness (QED) is 0.0261. The Kier molecular flexibility index (Phi) is 89.6. The highest BCUT2D eigenvalue weighted by Gasteiger charge is 2.49. The summed E-state index contributed by atoms with van der Waals surface area (Å²) in [6, 6.07) is -2.19. The lowest BCUT2D eigenvalue weighted by molar-refractivity contribution is -0.282. The molecule has 0 aromatic rings. The topological polar surface area (TPSA) is 658 Å². The number of unbranched alkanes of at least 4 members (excludes halogenated alkanes) is 5. The van der Waals surface area contributed by atoms with Crippen LogP contribution in [0.1, 0.15) is 250 Å². The number of aliphatic hydroxyl groups excluding tert-OH is 12. The summed E-state index contributed by atoms with van der Waals surface area (Å²) in [7, 11) is -6.70. The minimum atomic E-state index is -4.57. The highest BCUT2D eigenvalue weighted by Crippen LogP contribution is 2.49. The van der Waals surface area contributed by atoms with Crippen LogP contribution in [0.5, 0.6) is 0 Å². The van der Waals surface area contributed by atoms with Crippen LogP contribution in [-0.2, 0) is 154 Å². The van der Waals surface area contributed by atoms with Gasteiger partial charge in [-0.15, -0.1) is 0 Å².